The van der Waals surface area contributed by atoms with Gasteiger partial charge in [-0.3, -0.25) is 9.69 Å². The number of benzene rings is 1. The second-order valence-corrected chi connectivity index (χ2v) is 5.38. The number of carbonyl (C=O) groups is 2. The van der Waals surface area contributed by atoms with Crippen LogP contribution in [0.5, 0.6) is 0 Å². The van der Waals surface area contributed by atoms with Crippen LogP contribution in [0.3, 0.4) is 0 Å². The first-order valence-corrected chi connectivity index (χ1v) is 7.03. The van der Waals surface area contributed by atoms with E-state index in [0.29, 0.717) is 11.6 Å². The summed E-state index contributed by atoms with van der Waals surface area (Å²) in [6.45, 7) is 3.75. The summed E-state index contributed by atoms with van der Waals surface area (Å²) in [6.07, 6.45) is 0. The largest absolute Gasteiger partial charge is 0.467 e. The molecule has 1 amide bonds. The van der Waals surface area contributed by atoms with Crippen molar-refractivity contribution in [3.63, 3.8) is 0 Å². The molecule has 2 unspecified atom stereocenters. The number of amides is 1. The highest BCUT2D eigenvalue weighted by atomic mass is 35.5. The lowest BCUT2D eigenvalue weighted by Crippen LogP contribution is -2.48. The van der Waals surface area contributed by atoms with Crippen LogP contribution in [0.15, 0.2) is 24.3 Å². The summed E-state index contributed by atoms with van der Waals surface area (Å²) in [5, 5.41) is 3.28. The Labute approximate surface area is 130 Å². The Morgan fingerprint density at radius 2 is 1.90 bits per heavy atom. The summed E-state index contributed by atoms with van der Waals surface area (Å²) >= 11 is 5.88. The van der Waals surface area contributed by atoms with Crippen molar-refractivity contribution in [2.75, 3.05) is 20.7 Å². The molecule has 0 aliphatic carbocycles. The standard InChI is InChI=1S/C15H21ClN2O3/c1-10(12-5-7-13(16)8-6-12)18(3)9-14(15(20)21-4)17-11(2)19/h5-8,10,14H,9H2,1-4H3,(H,17,19). The summed E-state index contributed by atoms with van der Waals surface area (Å²) in [7, 11) is 3.19. The molecule has 5 nitrogen and oxygen atoms in total. The molecule has 0 heterocycles. The van der Waals surface area contributed by atoms with Crippen molar-refractivity contribution in [3.05, 3.63) is 34.9 Å². The number of nitrogens with zero attached hydrogens (tertiary/aromatic N) is 1. The topological polar surface area (TPSA) is 58.6 Å². The van der Waals surface area contributed by atoms with E-state index < -0.39 is 12.0 Å². The number of nitrogens with one attached hydrogen (secondary N) is 1. The van der Waals surface area contributed by atoms with E-state index in [1.165, 1.54) is 14.0 Å². The molecular formula is C15H21ClN2O3. The molecular weight excluding hydrogens is 292 g/mol. The van der Waals surface area contributed by atoms with Gasteiger partial charge in [-0.2, -0.15) is 0 Å². The molecule has 0 aliphatic heterocycles. The third-order valence-corrected chi connectivity index (χ3v) is 3.60. The van der Waals surface area contributed by atoms with Gasteiger partial charge in [0.05, 0.1) is 7.11 Å². The Morgan fingerprint density at radius 1 is 1.33 bits per heavy atom. The predicted octanol–water partition coefficient (Wildman–Crippen LogP) is 2.01. The van der Waals surface area contributed by atoms with Crippen molar-refractivity contribution in [2.45, 2.75) is 25.9 Å². The van der Waals surface area contributed by atoms with Gasteiger partial charge < -0.3 is 10.1 Å². The van der Waals surface area contributed by atoms with E-state index in [-0.39, 0.29) is 11.9 Å². The molecule has 116 valence electrons. The van der Waals surface area contributed by atoms with Gasteiger partial charge >= 0.3 is 5.97 Å². The SMILES string of the molecule is COC(=O)C(CN(C)C(C)c1ccc(Cl)cc1)NC(C)=O. The number of methoxy groups -OCH3 is 1. The average molecular weight is 313 g/mol. The first-order valence-electron chi connectivity index (χ1n) is 6.65. The van der Waals surface area contributed by atoms with Crippen molar-refractivity contribution in [3.8, 4) is 0 Å². The van der Waals surface area contributed by atoms with E-state index in [0.717, 1.165) is 5.56 Å². The van der Waals surface area contributed by atoms with Crippen LogP contribution in [-0.4, -0.2) is 43.5 Å². The maximum absolute atomic E-state index is 11.7. The van der Waals surface area contributed by atoms with Gasteiger partial charge in [0.2, 0.25) is 5.91 Å². The zero-order valence-corrected chi connectivity index (χ0v) is 13.5. The Morgan fingerprint density at radius 3 is 2.38 bits per heavy atom. The fourth-order valence-electron chi connectivity index (χ4n) is 2.01. The van der Waals surface area contributed by atoms with E-state index in [2.05, 4.69) is 5.32 Å². The van der Waals surface area contributed by atoms with E-state index in [4.69, 9.17) is 16.3 Å². The van der Waals surface area contributed by atoms with Gasteiger partial charge in [-0.05, 0) is 31.7 Å². The highest BCUT2D eigenvalue weighted by Crippen LogP contribution is 2.20. The molecule has 1 N–H and O–H groups in total. The lowest BCUT2D eigenvalue weighted by molar-refractivity contribution is -0.145. The number of hydrogen-bond donors (Lipinski definition) is 1. The monoisotopic (exact) mass is 312 g/mol. The summed E-state index contributed by atoms with van der Waals surface area (Å²) in [4.78, 5) is 24.9. The second-order valence-electron chi connectivity index (χ2n) is 4.94. The van der Waals surface area contributed by atoms with Crippen molar-refractivity contribution in [2.24, 2.45) is 0 Å². The van der Waals surface area contributed by atoms with Gasteiger partial charge in [-0.15, -0.1) is 0 Å². The lowest BCUT2D eigenvalue weighted by Gasteiger charge is -2.28. The van der Waals surface area contributed by atoms with Crippen LogP contribution in [0.2, 0.25) is 5.02 Å². The number of rotatable bonds is 6. The van der Waals surface area contributed by atoms with Gasteiger partial charge in [0.1, 0.15) is 6.04 Å². The molecule has 0 aromatic heterocycles. The highest BCUT2D eigenvalue weighted by Gasteiger charge is 2.24. The molecule has 1 rings (SSSR count). The van der Waals surface area contributed by atoms with E-state index in [1.54, 1.807) is 0 Å². The fourth-order valence-corrected chi connectivity index (χ4v) is 2.13. The predicted molar refractivity (Wildman–Crippen MR) is 82.1 cm³/mol. The van der Waals surface area contributed by atoms with Gasteiger partial charge in [-0.25, -0.2) is 4.79 Å². The molecule has 6 heteroatoms. The van der Waals surface area contributed by atoms with Crippen LogP contribution in [0, 0.1) is 0 Å². The number of ether oxygens (including phenoxy) is 1. The molecule has 0 aliphatic rings. The van der Waals surface area contributed by atoms with Crippen LogP contribution < -0.4 is 5.32 Å². The fraction of sp³-hybridized carbons (Fsp3) is 0.467. The number of esters is 1. The van der Waals surface area contributed by atoms with Crippen LogP contribution >= 0.6 is 11.6 Å². The lowest BCUT2D eigenvalue weighted by atomic mass is 10.1. The third kappa shape index (κ3) is 5.36. The average Bonchev–Trinajstić information content (AvgIpc) is 2.45. The van der Waals surface area contributed by atoms with Crippen molar-refractivity contribution < 1.29 is 14.3 Å². The Balaban J connectivity index is 2.75. The molecule has 0 fully saturated rings. The number of hydrogen-bond acceptors (Lipinski definition) is 4. The second kappa shape index (κ2) is 8.00. The molecule has 1 aromatic rings. The van der Waals surface area contributed by atoms with Gasteiger partial charge in [0, 0.05) is 24.5 Å². The minimum Gasteiger partial charge on any atom is -0.467 e. The minimum atomic E-state index is -0.688. The zero-order valence-electron chi connectivity index (χ0n) is 12.7. The van der Waals surface area contributed by atoms with Crippen molar-refractivity contribution in [1.29, 1.82) is 0 Å². The van der Waals surface area contributed by atoms with Crippen LogP contribution in [0.25, 0.3) is 0 Å². The molecule has 21 heavy (non-hydrogen) atoms. The molecule has 0 saturated heterocycles. The number of likely N-dealkylation sites (N-methyl/N-ethyl adjacent to an activating group) is 1. The van der Waals surface area contributed by atoms with Crippen molar-refractivity contribution in [1.82, 2.24) is 10.2 Å². The maximum Gasteiger partial charge on any atom is 0.329 e. The summed E-state index contributed by atoms with van der Waals surface area (Å²) in [5.41, 5.74) is 1.08. The van der Waals surface area contributed by atoms with Gasteiger partial charge in [0.25, 0.3) is 0 Å². The third-order valence-electron chi connectivity index (χ3n) is 3.35. The van der Waals surface area contributed by atoms with Gasteiger partial charge in [-0.1, -0.05) is 23.7 Å². The maximum atomic E-state index is 11.7. The molecule has 0 spiro atoms. The Kier molecular flexibility index (Phi) is 6.65. The Bertz CT molecular complexity index is 490. The van der Waals surface area contributed by atoms with E-state index >= 15 is 0 Å². The minimum absolute atomic E-state index is 0.0724. The number of carbonyl (C=O) groups excluding carboxylic acids is 2. The van der Waals surface area contributed by atoms with Crippen molar-refractivity contribution >= 4 is 23.5 Å². The molecule has 0 radical (unpaired) electrons. The molecule has 2 atom stereocenters. The zero-order chi connectivity index (χ0) is 16.0. The molecule has 0 saturated carbocycles. The van der Waals surface area contributed by atoms with E-state index in [1.807, 2.05) is 43.1 Å². The summed E-state index contributed by atoms with van der Waals surface area (Å²) in [6, 6.07) is 6.92. The van der Waals surface area contributed by atoms with Gasteiger partial charge in [0.15, 0.2) is 0 Å². The summed E-state index contributed by atoms with van der Waals surface area (Å²) < 4.78 is 4.72. The number of halogens is 1. The van der Waals surface area contributed by atoms with Crippen LogP contribution in [0.1, 0.15) is 25.5 Å². The normalized spacial score (nSPS) is 13.6. The van der Waals surface area contributed by atoms with Crippen LogP contribution in [0.4, 0.5) is 0 Å². The first kappa shape index (κ1) is 17.5. The summed E-state index contributed by atoms with van der Waals surface area (Å²) in [5.74, 6) is -0.724. The molecule has 1 aromatic carbocycles. The first-order chi connectivity index (χ1) is 9.85. The quantitative estimate of drug-likeness (QED) is 0.816. The van der Waals surface area contributed by atoms with Crippen LogP contribution in [-0.2, 0) is 14.3 Å². The van der Waals surface area contributed by atoms with E-state index in [9.17, 15) is 9.59 Å². The highest BCUT2D eigenvalue weighted by molar-refractivity contribution is 6.30. The Hall–Kier alpha value is -1.59. The molecule has 0 bridgehead atoms. The smallest absolute Gasteiger partial charge is 0.329 e.